The molecule has 0 aliphatic heterocycles. The molecule has 3 N–H and O–H groups in total. The minimum atomic E-state index is -0.277. The van der Waals surface area contributed by atoms with Crippen molar-refractivity contribution in [2.75, 3.05) is 27.2 Å². The van der Waals surface area contributed by atoms with Crippen LogP contribution in [0.3, 0.4) is 0 Å². The molecule has 0 fully saturated rings. The SMILES string of the molecule is CC[C@@H](CCC(=O)CN[C@@H](CCNC)C(C)=O)C(C)=O.CNC(C)=O. The molecule has 25 heavy (non-hydrogen) atoms. The number of nitrogens with one attached hydrogen (secondary N) is 3. The monoisotopic (exact) mass is 357 g/mol. The maximum absolute atomic E-state index is 11.8. The van der Waals surface area contributed by atoms with Crippen LogP contribution in [0.1, 0.15) is 53.4 Å². The summed E-state index contributed by atoms with van der Waals surface area (Å²) in [7, 11) is 3.43. The van der Waals surface area contributed by atoms with E-state index in [1.807, 2.05) is 14.0 Å². The molecule has 0 aliphatic carbocycles. The zero-order valence-corrected chi connectivity index (χ0v) is 16.5. The Morgan fingerprint density at radius 1 is 0.920 bits per heavy atom. The van der Waals surface area contributed by atoms with Crippen LogP contribution < -0.4 is 16.0 Å². The van der Waals surface area contributed by atoms with Crippen molar-refractivity contribution in [2.45, 2.75) is 59.4 Å². The maximum Gasteiger partial charge on any atom is 0.216 e. The molecule has 146 valence electrons. The van der Waals surface area contributed by atoms with E-state index in [-0.39, 0.29) is 41.8 Å². The second kappa shape index (κ2) is 15.9. The van der Waals surface area contributed by atoms with Crippen LogP contribution in [0.4, 0.5) is 0 Å². The van der Waals surface area contributed by atoms with Crippen molar-refractivity contribution >= 4 is 23.3 Å². The molecule has 0 saturated carbocycles. The third-order valence-corrected chi connectivity index (χ3v) is 3.91. The average Bonchev–Trinajstić information content (AvgIpc) is 2.55. The first-order valence-corrected chi connectivity index (χ1v) is 8.78. The maximum atomic E-state index is 11.8. The van der Waals surface area contributed by atoms with Crippen LogP contribution in [0.25, 0.3) is 0 Å². The zero-order chi connectivity index (χ0) is 19.8. The third-order valence-electron chi connectivity index (χ3n) is 3.91. The van der Waals surface area contributed by atoms with Gasteiger partial charge in [-0.25, -0.2) is 0 Å². The van der Waals surface area contributed by atoms with Crippen molar-refractivity contribution < 1.29 is 19.2 Å². The van der Waals surface area contributed by atoms with Crippen molar-refractivity contribution in [1.29, 1.82) is 0 Å². The van der Waals surface area contributed by atoms with Gasteiger partial charge in [-0.3, -0.25) is 19.2 Å². The molecule has 0 bridgehead atoms. The molecular weight excluding hydrogens is 322 g/mol. The van der Waals surface area contributed by atoms with E-state index in [2.05, 4.69) is 16.0 Å². The average molecular weight is 357 g/mol. The summed E-state index contributed by atoms with van der Waals surface area (Å²) in [5, 5.41) is 8.38. The lowest BCUT2D eigenvalue weighted by Gasteiger charge is -2.15. The van der Waals surface area contributed by atoms with Gasteiger partial charge in [-0.2, -0.15) is 0 Å². The van der Waals surface area contributed by atoms with Gasteiger partial charge in [0.15, 0.2) is 0 Å². The van der Waals surface area contributed by atoms with Gasteiger partial charge >= 0.3 is 0 Å². The number of Topliss-reactive ketones (excluding diaryl/α,β-unsaturated/α-hetero) is 3. The number of carbonyl (C=O) groups is 4. The van der Waals surface area contributed by atoms with Crippen LogP contribution in [0.5, 0.6) is 0 Å². The van der Waals surface area contributed by atoms with Gasteiger partial charge in [0.05, 0.1) is 12.6 Å². The van der Waals surface area contributed by atoms with E-state index in [9.17, 15) is 19.2 Å². The smallest absolute Gasteiger partial charge is 0.216 e. The number of carbonyl (C=O) groups excluding carboxylic acids is 4. The summed E-state index contributed by atoms with van der Waals surface area (Å²) in [6, 6.07) is -0.277. The van der Waals surface area contributed by atoms with E-state index in [1.165, 1.54) is 13.8 Å². The highest BCUT2D eigenvalue weighted by Gasteiger charge is 2.16. The predicted octanol–water partition coefficient (Wildman–Crippen LogP) is 0.860. The van der Waals surface area contributed by atoms with Crippen molar-refractivity contribution in [3.05, 3.63) is 0 Å². The quantitative estimate of drug-likeness (QED) is 0.478. The van der Waals surface area contributed by atoms with Crippen molar-refractivity contribution in [3.8, 4) is 0 Å². The molecule has 2 atom stereocenters. The van der Waals surface area contributed by atoms with Gasteiger partial charge in [0.2, 0.25) is 5.91 Å². The van der Waals surface area contributed by atoms with Crippen molar-refractivity contribution in [3.63, 3.8) is 0 Å². The number of hydrogen-bond acceptors (Lipinski definition) is 6. The molecule has 7 heteroatoms. The van der Waals surface area contributed by atoms with E-state index < -0.39 is 0 Å². The highest BCUT2D eigenvalue weighted by atomic mass is 16.1. The summed E-state index contributed by atoms with van der Waals surface area (Å²) in [5.74, 6) is 0.226. The topological polar surface area (TPSA) is 104 Å². The summed E-state index contributed by atoms with van der Waals surface area (Å²) in [5.41, 5.74) is 0. The number of hydrogen-bond donors (Lipinski definition) is 3. The second-order valence-corrected chi connectivity index (χ2v) is 6.04. The van der Waals surface area contributed by atoms with Crippen LogP contribution in [-0.4, -0.2) is 56.5 Å². The standard InChI is InChI=1S/C15H28N2O3.C3H7NO/c1-5-13(11(2)18)6-7-14(20)10-17-15(12(3)19)8-9-16-4;1-3(5)4-2/h13,15-17H,5-10H2,1-4H3;1-2H3,(H,4,5)/t13-,15-;/m0./s1. The van der Waals surface area contributed by atoms with Crippen LogP contribution in [0.2, 0.25) is 0 Å². The van der Waals surface area contributed by atoms with Crippen LogP contribution >= 0.6 is 0 Å². The predicted molar refractivity (Wildman–Crippen MR) is 99.5 cm³/mol. The third kappa shape index (κ3) is 15.7. The molecule has 0 unspecified atom stereocenters. The molecule has 0 aliphatic rings. The first kappa shape index (κ1) is 25.6. The Morgan fingerprint density at radius 2 is 1.48 bits per heavy atom. The second-order valence-electron chi connectivity index (χ2n) is 6.04. The first-order valence-electron chi connectivity index (χ1n) is 8.78. The molecule has 0 heterocycles. The fourth-order valence-corrected chi connectivity index (χ4v) is 2.09. The normalized spacial score (nSPS) is 12.4. The van der Waals surface area contributed by atoms with Gasteiger partial charge in [0.1, 0.15) is 17.3 Å². The zero-order valence-electron chi connectivity index (χ0n) is 16.5. The summed E-state index contributed by atoms with van der Waals surface area (Å²) in [4.78, 5) is 44.2. The van der Waals surface area contributed by atoms with Crippen molar-refractivity contribution in [2.24, 2.45) is 5.92 Å². The summed E-state index contributed by atoms with van der Waals surface area (Å²) in [6.45, 7) is 7.45. The minimum absolute atomic E-state index is 0.00463. The van der Waals surface area contributed by atoms with Gasteiger partial charge in [0.25, 0.3) is 0 Å². The van der Waals surface area contributed by atoms with Crippen LogP contribution in [0, 0.1) is 5.92 Å². The Kier molecular flexibility index (Phi) is 16.3. The lowest BCUT2D eigenvalue weighted by Crippen LogP contribution is -2.40. The molecule has 0 spiro atoms. The van der Waals surface area contributed by atoms with E-state index in [4.69, 9.17) is 0 Å². The number of rotatable bonds is 12. The Balaban J connectivity index is 0. The molecule has 0 aromatic rings. The Morgan fingerprint density at radius 3 is 1.84 bits per heavy atom. The number of ketones is 3. The summed E-state index contributed by atoms with van der Waals surface area (Å²) >= 11 is 0. The molecule has 0 saturated heterocycles. The highest BCUT2D eigenvalue weighted by Crippen LogP contribution is 2.12. The van der Waals surface area contributed by atoms with Gasteiger partial charge in [-0.15, -0.1) is 0 Å². The van der Waals surface area contributed by atoms with E-state index in [1.54, 1.807) is 14.0 Å². The van der Waals surface area contributed by atoms with Gasteiger partial charge in [0, 0.05) is 26.3 Å². The van der Waals surface area contributed by atoms with Crippen LogP contribution in [0.15, 0.2) is 0 Å². The molecule has 0 aromatic carbocycles. The summed E-state index contributed by atoms with van der Waals surface area (Å²) < 4.78 is 0. The fourth-order valence-electron chi connectivity index (χ4n) is 2.09. The molecule has 0 rings (SSSR count). The highest BCUT2D eigenvalue weighted by molar-refractivity contribution is 5.85. The Labute approximate surface area is 151 Å². The molecule has 0 radical (unpaired) electrons. The molecule has 1 amide bonds. The molecular formula is C18H35N3O4. The Hall–Kier alpha value is -1.60. The van der Waals surface area contributed by atoms with E-state index >= 15 is 0 Å². The van der Waals surface area contributed by atoms with E-state index in [0.29, 0.717) is 19.3 Å². The van der Waals surface area contributed by atoms with Gasteiger partial charge < -0.3 is 16.0 Å². The minimum Gasteiger partial charge on any atom is -0.359 e. The largest absolute Gasteiger partial charge is 0.359 e. The molecule has 0 aromatic heterocycles. The van der Waals surface area contributed by atoms with Crippen molar-refractivity contribution in [1.82, 2.24) is 16.0 Å². The lowest BCUT2D eigenvalue weighted by molar-refractivity contribution is -0.122. The van der Waals surface area contributed by atoms with Crippen LogP contribution in [-0.2, 0) is 19.2 Å². The van der Waals surface area contributed by atoms with Gasteiger partial charge in [-0.05, 0) is 46.7 Å². The van der Waals surface area contributed by atoms with E-state index in [0.717, 1.165) is 13.0 Å². The lowest BCUT2D eigenvalue weighted by atomic mass is 9.95. The summed E-state index contributed by atoms with van der Waals surface area (Å²) in [6.07, 6.45) is 2.44. The first-order chi connectivity index (χ1) is 11.7. The van der Waals surface area contributed by atoms with Gasteiger partial charge in [-0.1, -0.05) is 6.92 Å². The Bertz CT molecular complexity index is 425. The molecule has 7 nitrogen and oxygen atoms in total. The fraction of sp³-hybridized carbons (Fsp3) is 0.778. The number of amides is 1.